The zero-order valence-electron chi connectivity index (χ0n) is 18.1. The number of ketones is 1. The Morgan fingerprint density at radius 2 is 1.71 bits per heavy atom. The molecule has 0 aliphatic heterocycles. The number of rotatable bonds is 13. The van der Waals surface area contributed by atoms with Crippen molar-refractivity contribution in [3.63, 3.8) is 0 Å². The summed E-state index contributed by atoms with van der Waals surface area (Å²) in [7, 11) is 0. The van der Waals surface area contributed by atoms with E-state index >= 15 is 0 Å². The standard InChI is InChI=1S/C24H31NO5.ClH/c1-3-29-23(27)10-7-17-30-21-13-11-19(12-14-21)22(26)15-16-25-18(2)24(28)20-8-5-4-6-9-20;/h4-6,8-9,11-14,18,24-25,28H,3,7,10,15-17H2,1-2H3;1H. The van der Waals surface area contributed by atoms with Crippen LogP contribution in [0.25, 0.3) is 0 Å². The molecule has 0 saturated carbocycles. The molecule has 0 radical (unpaired) electrons. The Kier molecular flexibility index (Phi) is 12.5. The van der Waals surface area contributed by atoms with Crippen LogP contribution in [0.4, 0.5) is 0 Å². The Bertz CT molecular complexity index is 782. The Hall–Kier alpha value is -2.41. The molecule has 0 aliphatic rings. The number of quaternary nitrogens is 1. The van der Waals surface area contributed by atoms with Gasteiger partial charge < -0.3 is 32.3 Å². The molecule has 170 valence electrons. The number of carbonyl (C=O) groups excluding carboxylic acids is 2. The highest BCUT2D eigenvalue weighted by atomic mass is 35.5. The van der Waals surface area contributed by atoms with Crippen molar-refractivity contribution in [1.29, 1.82) is 0 Å². The van der Waals surface area contributed by atoms with Crippen LogP contribution in [-0.2, 0) is 9.53 Å². The third-order valence-corrected chi connectivity index (χ3v) is 4.82. The van der Waals surface area contributed by atoms with Crippen LogP contribution >= 0.6 is 0 Å². The largest absolute Gasteiger partial charge is 1.00 e. The zero-order valence-corrected chi connectivity index (χ0v) is 18.9. The molecule has 0 fully saturated rings. The minimum atomic E-state index is -0.568. The van der Waals surface area contributed by atoms with E-state index in [0.29, 0.717) is 50.3 Å². The fourth-order valence-electron chi connectivity index (χ4n) is 3.08. The summed E-state index contributed by atoms with van der Waals surface area (Å²) in [6.45, 7) is 5.15. The second kappa shape index (κ2) is 14.6. The van der Waals surface area contributed by atoms with Crippen LogP contribution in [0.1, 0.15) is 55.1 Å². The van der Waals surface area contributed by atoms with E-state index in [1.165, 1.54) is 0 Å². The summed E-state index contributed by atoms with van der Waals surface area (Å²) >= 11 is 0. The maximum atomic E-state index is 12.4. The molecule has 2 aromatic carbocycles. The lowest BCUT2D eigenvalue weighted by atomic mass is 10.0. The van der Waals surface area contributed by atoms with Gasteiger partial charge in [0.1, 0.15) is 17.9 Å². The van der Waals surface area contributed by atoms with E-state index in [1.807, 2.05) is 42.6 Å². The van der Waals surface area contributed by atoms with Crippen LogP contribution in [0, 0.1) is 0 Å². The molecule has 0 aliphatic carbocycles. The van der Waals surface area contributed by atoms with E-state index in [2.05, 4.69) is 0 Å². The Labute approximate surface area is 190 Å². The highest BCUT2D eigenvalue weighted by molar-refractivity contribution is 5.96. The van der Waals surface area contributed by atoms with Gasteiger partial charge in [-0.3, -0.25) is 9.59 Å². The minimum absolute atomic E-state index is 0. The minimum Gasteiger partial charge on any atom is -1.00 e. The molecular formula is C24H32ClNO5. The van der Waals surface area contributed by atoms with Gasteiger partial charge in [-0.15, -0.1) is 0 Å². The normalized spacial score (nSPS) is 12.4. The molecule has 3 N–H and O–H groups in total. The fraction of sp³-hybridized carbons (Fsp3) is 0.417. The Morgan fingerprint density at radius 1 is 1.03 bits per heavy atom. The van der Waals surface area contributed by atoms with Gasteiger partial charge in [0.2, 0.25) is 0 Å². The highest BCUT2D eigenvalue weighted by Gasteiger charge is 2.19. The van der Waals surface area contributed by atoms with Gasteiger partial charge in [-0.25, -0.2) is 0 Å². The number of nitrogens with two attached hydrogens (primary N) is 1. The van der Waals surface area contributed by atoms with Crippen molar-refractivity contribution in [3.05, 3.63) is 65.7 Å². The molecule has 6 nitrogen and oxygen atoms in total. The predicted octanol–water partition coefficient (Wildman–Crippen LogP) is -0.329. The zero-order chi connectivity index (χ0) is 21.8. The van der Waals surface area contributed by atoms with E-state index < -0.39 is 6.10 Å². The van der Waals surface area contributed by atoms with Gasteiger partial charge in [0.25, 0.3) is 0 Å². The maximum Gasteiger partial charge on any atom is 0.305 e. The Balaban J connectivity index is 0.00000480. The van der Waals surface area contributed by atoms with Crippen LogP contribution in [0.2, 0.25) is 0 Å². The number of aliphatic hydroxyl groups is 1. The number of benzene rings is 2. The third kappa shape index (κ3) is 9.51. The summed E-state index contributed by atoms with van der Waals surface area (Å²) in [4.78, 5) is 23.7. The molecule has 2 rings (SSSR count). The van der Waals surface area contributed by atoms with Gasteiger partial charge in [0.15, 0.2) is 5.78 Å². The van der Waals surface area contributed by atoms with Gasteiger partial charge in [0, 0.05) is 12.0 Å². The second-order valence-corrected chi connectivity index (χ2v) is 7.19. The molecule has 0 bridgehead atoms. The summed E-state index contributed by atoms with van der Waals surface area (Å²) in [6.07, 6.45) is 0.744. The molecule has 2 unspecified atom stereocenters. The van der Waals surface area contributed by atoms with E-state index in [9.17, 15) is 14.7 Å². The van der Waals surface area contributed by atoms with Crippen molar-refractivity contribution in [2.24, 2.45) is 0 Å². The van der Waals surface area contributed by atoms with Gasteiger partial charge >= 0.3 is 5.97 Å². The number of ether oxygens (including phenoxy) is 2. The van der Waals surface area contributed by atoms with Crippen LogP contribution in [0.15, 0.2) is 54.6 Å². The third-order valence-electron chi connectivity index (χ3n) is 4.82. The Morgan fingerprint density at radius 3 is 2.35 bits per heavy atom. The van der Waals surface area contributed by atoms with Gasteiger partial charge in [-0.05, 0) is 50.1 Å². The lowest BCUT2D eigenvalue weighted by molar-refractivity contribution is -0.693. The summed E-state index contributed by atoms with van der Waals surface area (Å²) in [6, 6.07) is 16.5. The van der Waals surface area contributed by atoms with Crippen molar-refractivity contribution in [2.45, 2.75) is 45.3 Å². The van der Waals surface area contributed by atoms with Crippen molar-refractivity contribution < 1.29 is 41.9 Å². The van der Waals surface area contributed by atoms with Crippen LogP contribution in [0.5, 0.6) is 5.75 Å². The van der Waals surface area contributed by atoms with Gasteiger partial charge in [-0.2, -0.15) is 0 Å². The number of esters is 1. The van der Waals surface area contributed by atoms with Crippen LogP contribution in [0.3, 0.4) is 0 Å². The number of hydrogen-bond donors (Lipinski definition) is 2. The first-order valence-corrected chi connectivity index (χ1v) is 10.5. The average molecular weight is 450 g/mol. The summed E-state index contributed by atoms with van der Waals surface area (Å²) in [5.41, 5.74) is 1.52. The predicted molar refractivity (Wildman–Crippen MR) is 114 cm³/mol. The molecule has 2 atom stereocenters. The maximum absolute atomic E-state index is 12.4. The van der Waals surface area contributed by atoms with E-state index in [4.69, 9.17) is 9.47 Å². The van der Waals surface area contributed by atoms with E-state index in [0.717, 1.165) is 5.56 Å². The first kappa shape index (κ1) is 26.6. The molecule has 7 heteroatoms. The molecule has 0 saturated heterocycles. The molecule has 0 heterocycles. The molecule has 2 aromatic rings. The van der Waals surface area contributed by atoms with Gasteiger partial charge in [-0.1, -0.05) is 30.3 Å². The first-order chi connectivity index (χ1) is 14.5. The number of hydrogen-bond acceptors (Lipinski definition) is 5. The number of halogens is 1. The molecule has 0 amide bonds. The van der Waals surface area contributed by atoms with Crippen LogP contribution < -0.4 is 22.5 Å². The first-order valence-electron chi connectivity index (χ1n) is 10.5. The van der Waals surface area contributed by atoms with Crippen molar-refractivity contribution in [2.75, 3.05) is 19.8 Å². The number of carbonyl (C=O) groups is 2. The average Bonchev–Trinajstić information content (AvgIpc) is 2.77. The van der Waals surface area contributed by atoms with E-state index in [-0.39, 0.29) is 30.2 Å². The molecular weight excluding hydrogens is 418 g/mol. The molecule has 0 spiro atoms. The van der Waals surface area contributed by atoms with Gasteiger partial charge in [0.05, 0.1) is 26.2 Å². The van der Waals surface area contributed by atoms with Crippen LogP contribution in [-0.4, -0.2) is 42.7 Å². The monoisotopic (exact) mass is 449 g/mol. The summed E-state index contributed by atoms with van der Waals surface area (Å²) < 4.78 is 10.5. The molecule has 0 aromatic heterocycles. The lowest BCUT2D eigenvalue weighted by Gasteiger charge is -2.17. The van der Waals surface area contributed by atoms with Crippen molar-refractivity contribution in [3.8, 4) is 5.75 Å². The molecule has 31 heavy (non-hydrogen) atoms. The SMILES string of the molecule is CCOC(=O)CCCOc1ccc(C(=O)CC[NH2+]C(C)C(O)c2ccccc2)cc1.[Cl-]. The smallest absolute Gasteiger partial charge is 0.305 e. The fourth-order valence-corrected chi connectivity index (χ4v) is 3.08. The van der Waals surface area contributed by atoms with Crippen molar-refractivity contribution in [1.82, 2.24) is 0 Å². The topological polar surface area (TPSA) is 89.4 Å². The summed E-state index contributed by atoms with van der Waals surface area (Å²) in [5.74, 6) is 0.507. The highest BCUT2D eigenvalue weighted by Crippen LogP contribution is 2.15. The summed E-state index contributed by atoms with van der Waals surface area (Å²) in [5, 5.41) is 12.4. The quantitative estimate of drug-likeness (QED) is 0.248. The van der Waals surface area contributed by atoms with E-state index in [1.54, 1.807) is 31.2 Å². The lowest BCUT2D eigenvalue weighted by Crippen LogP contribution is -3.00. The number of aliphatic hydroxyl groups excluding tert-OH is 1. The second-order valence-electron chi connectivity index (χ2n) is 7.19. The van der Waals surface area contributed by atoms with Crippen molar-refractivity contribution >= 4 is 11.8 Å². The number of Topliss-reactive ketones (excluding diaryl/α,β-unsaturated/α-hetero) is 1.